The minimum atomic E-state index is -0.0258. The second kappa shape index (κ2) is 7.80. The molecule has 0 aliphatic carbocycles. The number of nitrogens with zero attached hydrogens (tertiary/aromatic N) is 1. The van der Waals surface area contributed by atoms with Gasteiger partial charge in [-0.15, -0.1) is 0 Å². The monoisotopic (exact) mass is 185 g/mol. The van der Waals surface area contributed by atoms with Crippen LogP contribution in [-0.4, -0.2) is 36.1 Å². The maximum atomic E-state index is 11.0. The summed E-state index contributed by atoms with van der Waals surface area (Å²) in [6, 6.07) is 0. The molecule has 0 radical (unpaired) electrons. The summed E-state index contributed by atoms with van der Waals surface area (Å²) in [5, 5.41) is 8.52. The molecule has 0 atom stereocenters. The molecule has 3 nitrogen and oxygen atoms in total. The summed E-state index contributed by atoms with van der Waals surface area (Å²) in [6.45, 7) is 4.45. The molecular formula is C10H19NO2. The lowest BCUT2D eigenvalue weighted by Gasteiger charge is -2.14. The lowest BCUT2D eigenvalue weighted by Crippen LogP contribution is -2.25. The lowest BCUT2D eigenvalue weighted by molar-refractivity contribution is -0.124. The number of likely N-dealkylation sites (N-methyl/N-ethyl adjacent to an activating group) is 1. The smallest absolute Gasteiger partial charge is 0.245 e. The van der Waals surface area contributed by atoms with Crippen molar-refractivity contribution >= 4 is 5.91 Å². The van der Waals surface area contributed by atoms with E-state index in [1.807, 2.05) is 0 Å². The van der Waals surface area contributed by atoms with Gasteiger partial charge in [-0.05, 0) is 18.9 Å². The van der Waals surface area contributed by atoms with Crippen LogP contribution < -0.4 is 0 Å². The first kappa shape index (κ1) is 12.2. The van der Waals surface area contributed by atoms with Gasteiger partial charge in [0.25, 0.3) is 0 Å². The van der Waals surface area contributed by atoms with Gasteiger partial charge in [-0.1, -0.05) is 19.4 Å². The van der Waals surface area contributed by atoms with E-state index in [9.17, 15) is 4.79 Å². The Hall–Kier alpha value is -0.830. The topological polar surface area (TPSA) is 40.5 Å². The maximum Gasteiger partial charge on any atom is 0.245 e. The first-order valence-corrected chi connectivity index (χ1v) is 4.70. The fourth-order valence-electron chi connectivity index (χ4n) is 1.08. The predicted molar refractivity (Wildman–Crippen MR) is 53.4 cm³/mol. The van der Waals surface area contributed by atoms with Gasteiger partial charge in [-0.25, -0.2) is 0 Å². The number of hydrogen-bond acceptors (Lipinski definition) is 2. The quantitative estimate of drug-likeness (QED) is 0.478. The molecule has 0 aliphatic heterocycles. The molecule has 76 valence electrons. The second-order valence-electron chi connectivity index (χ2n) is 3.10. The van der Waals surface area contributed by atoms with Crippen LogP contribution in [0.1, 0.15) is 25.7 Å². The van der Waals surface area contributed by atoms with Crippen molar-refractivity contribution in [3.05, 3.63) is 12.7 Å². The van der Waals surface area contributed by atoms with Crippen LogP contribution in [0.5, 0.6) is 0 Å². The summed E-state index contributed by atoms with van der Waals surface area (Å²) in [5.41, 5.74) is 0. The zero-order valence-corrected chi connectivity index (χ0v) is 8.33. The third kappa shape index (κ3) is 6.34. The van der Waals surface area contributed by atoms with Crippen LogP contribution in [0.4, 0.5) is 0 Å². The second-order valence-corrected chi connectivity index (χ2v) is 3.10. The minimum absolute atomic E-state index is 0.0258. The highest BCUT2D eigenvalue weighted by Crippen LogP contribution is 2.00. The van der Waals surface area contributed by atoms with Crippen molar-refractivity contribution < 1.29 is 9.90 Å². The van der Waals surface area contributed by atoms with Gasteiger partial charge in [0, 0.05) is 20.2 Å². The highest BCUT2D eigenvalue weighted by atomic mass is 16.2. The summed E-state index contributed by atoms with van der Waals surface area (Å²) in [4.78, 5) is 12.7. The molecule has 0 heterocycles. The normalized spacial score (nSPS) is 9.69. The summed E-state index contributed by atoms with van der Waals surface area (Å²) >= 11 is 0. The van der Waals surface area contributed by atoms with Crippen molar-refractivity contribution in [1.29, 1.82) is 0 Å². The Morgan fingerprint density at radius 3 is 2.54 bits per heavy atom. The van der Waals surface area contributed by atoms with Gasteiger partial charge < -0.3 is 10.0 Å². The SMILES string of the molecule is C=CC(=O)N(C)CCCCCCO. The maximum absolute atomic E-state index is 11.0. The summed E-state index contributed by atoms with van der Waals surface area (Å²) in [5.74, 6) is -0.0258. The highest BCUT2D eigenvalue weighted by Gasteiger charge is 2.01. The first-order valence-electron chi connectivity index (χ1n) is 4.70. The van der Waals surface area contributed by atoms with E-state index in [-0.39, 0.29) is 12.5 Å². The molecule has 13 heavy (non-hydrogen) atoms. The average molecular weight is 185 g/mol. The highest BCUT2D eigenvalue weighted by molar-refractivity contribution is 5.86. The van der Waals surface area contributed by atoms with E-state index >= 15 is 0 Å². The van der Waals surface area contributed by atoms with E-state index in [1.165, 1.54) is 6.08 Å². The number of unbranched alkanes of at least 4 members (excludes halogenated alkanes) is 3. The molecule has 1 N–H and O–H groups in total. The molecule has 0 bridgehead atoms. The van der Waals surface area contributed by atoms with Crippen molar-refractivity contribution in [3.8, 4) is 0 Å². The molecule has 0 aromatic rings. The van der Waals surface area contributed by atoms with E-state index in [4.69, 9.17) is 5.11 Å². The molecule has 0 spiro atoms. The first-order chi connectivity index (χ1) is 6.22. The summed E-state index contributed by atoms with van der Waals surface area (Å²) in [6.07, 6.45) is 5.28. The molecule has 0 saturated heterocycles. The van der Waals surface area contributed by atoms with Gasteiger partial charge in [0.2, 0.25) is 5.91 Å². The lowest BCUT2D eigenvalue weighted by atomic mass is 10.2. The van der Waals surface area contributed by atoms with Crippen molar-refractivity contribution in [2.24, 2.45) is 0 Å². The third-order valence-electron chi connectivity index (χ3n) is 1.95. The Morgan fingerprint density at radius 1 is 1.38 bits per heavy atom. The molecule has 0 rings (SSSR count). The number of hydrogen-bond donors (Lipinski definition) is 1. The number of amides is 1. The van der Waals surface area contributed by atoms with Crippen LogP contribution in [0.2, 0.25) is 0 Å². The zero-order chi connectivity index (χ0) is 10.1. The van der Waals surface area contributed by atoms with E-state index in [2.05, 4.69) is 6.58 Å². The Labute approximate surface area is 80.0 Å². The van der Waals surface area contributed by atoms with Crippen molar-refractivity contribution in [2.45, 2.75) is 25.7 Å². The van der Waals surface area contributed by atoms with Gasteiger partial charge in [0.05, 0.1) is 0 Å². The van der Waals surface area contributed by atoms with Crippen LogP contribution in [0.15, 0.2) is 12.7 Å². The molecule has 0 aliphatic rings. The number of aliphatic hydroxyl groups excluding tert-OH is 1. The number of carbonyl (C=O) groups is 1. The van der Waals surface area contributed by atoms with Crippen LogP contribution in [0, 0.1) is 0 Å². The molecule has 0 aromatic heterocycles. The molecule has 3 heteroatoms. The van der Waals surface area contributed by atoms with Crippen LogP contribution in [0.3, 0.4) is 0 Å². The Morgan fingerprint density at radius 2 is 2.00 bits per heavy atom. The van der Waals surface area contributed by atoms with Gasteiger partial charge in [0.1, 0.15) is 0 Å². The molecule has 0 aromatic carbocycles. The van der Waals surface area contributed by atoms with Gasteiger partial charge in [0.15, 0.2) is 0 Å². The standard InChI is InChI=1S/C10H19NO2/c1-3-10(13)11(2)8-6-4-5-7-9-12/h3,12H,1,4-9H2,2H3. The predicted octanol–water partition coefficient (Wildman–Crippen LogP) is 1.18. The largest absolute Gasteiger partial charge is 0.396 e. The summed E-state index contributed by atoms with van der Waals surface area (Å²) < 4.78 is 0. The van der Waals surface area contributed by atoms with Crippen LogP contribution in [0.25, 0.3) is 0 Å². The van der Waals surface area contributed by atoms with E-state index < -0.39 is 0 Å². The Bertz CT molecular complexity index is 157. The average Bonchev–Trinajstić information content (AvgIpc) is 2.16. The molecule has 1 amide bonds. The summed E-state index contributed by atoms with van der Waals surface area (Å²) in [7, 11) is 1.77. The van der Waals surface area contributed by atoms with Crippen LogP contribution >= 0.6 is 0 Å². The number of carbonyl (C=O) groups excluding carboxylic acids is 1. The fraction of sp³-hybridized carbons (Fsp3) is 0.700. The molecular weight excluding hydrogens is 166 g/mol. The van der Waals surface area contributed by atoms with E-state index in [0.29, 0.717) is 0 Å². The third-order valence-corrected chi connectivity index (χ3v) is 1.95. The van der Waals surface area contributed by atoms with Crippen molar-refractivity contribution in [3.63, 3.8) is 0 Å². The van der Waals surface area contributed by atoms with E-state index in [1.54, 1.807) is 11.9 Å². The number of rotatable bonds is 7. The minimum Gasteiger partial charge on any atom is -0.396 e. The molecule has 0 fully saturated rings. The fourth-order valence-corrected chi connectivity index (χ4v) is 1.08. The Kier molecular flexibility index (Phi) is 7.30. The molecule has 0 unspecified atom stereocenters. The molecule has 0 saturated carbocycles. The van der Waals surface area contributed by atoms with Crippen molar-refractivity contribution in [2.75, 3.05) is 20.2 Å². The van der Waals surface area contributed by atoms with Gasteiger partial charge >= 0.3 is 0 Å². The van der Waals surface area contributed by atoms with Gasteiger partial charge in [-0.3, -0.25) is 4.79 Å². The van der Waals surface area contributed by atoms with Crippen molar-refractivity contribution in [1.82, 2.24) is 4.90 Å². The Balaban J connectivity index is 3.31. The van der Waals surface area contributed by atoms with Crippen LogP contribution in [-0.2, 0) is 4.79 Å². The zero-order valence-electron chi connectivity index (χ0n) is 8.33. The van der Waals surface area contributed by atoms with Gasteiger partial charge in [-0.2, -0.15) is 0 Å². The number of aliphatic hydroxyl groups is 1. The van der Waals surface area contributed by atoms with E-state index in [0.717, 1.165) is 32.2 Å².